The normalized spacial score (nSPS) is 10.5. The number of aryl methyl sites for hydroxylation is 3. The van der Waals surface area contributed by atoms with Crippen molar-refractivity contribution in [1.29, 1.82) is 0 Å². The summed E-state index contributed by atoms with van der Waals surface area (Å²) >= 11 is 1.58. The number of hydrogen-bond donors (Lipinski definition) is 1. The summed E-state index contributed by atoms with van der Waals surface area (Å²) in [6, 6.07) is 9.48. The number of Topliss-reactive ketones (excluding diaryl/α,β-unsaturated/α-hetero) is 1. The van der Waals surface area contributed by atoms with Crippen molar-refractivity contribution in [3.8, 4) is 0 Å². The van der Waals surface area contributed by atoms with Crippen LogP contribution in [0.2, 0.25) is 0 Å². The van der Waals surface area contributed by atoms with Crippen LogP contribution < -0.4 is 5.32 Å². The Morgan fingerprint density at radius 1 is 1.11 bits per heavy atom. The van der Waals surface area contributed by atoms with Crippen LogP contribution in [0.5, 0.6) is 0 Å². The van der Waals surface area contributed by atoms with E-state index in [1.54, 1.807) is 18.4 Å². The minimum Gasteiger partial charge on any atom is -0.336 e. The van der Waals surface area contributed by atoms with Crippen molar-refractivity contribution in [2.45, 2.75) is 40.0 Å². The summed E-state index contributed by atoms with van der Waals surface area (Å²) in [4.78, 5) is 40.2. The smallest absolute Gasteiger partial charge is 0.243 e. The summed E-state index contributed by atoms with van der Waals surface area (Å²) in [5.74, 6) is -0.491. The molecule has 0 saturated carbocycles. The largest absolute Gasteiger partial charge is 0.336 e. The van der Waals surface area contributed by atoms with E-state index < -0.39 is 0 Å². The van der Waals surface area contributed by atoms with Gasteiger partial charge in [-0.3, -0.25) is 14.4 Å². The zero-order chi connectivity index (χ0) is 20.0. The second-order valence-corrected chi connectivity index (χ2v) is 8.02. The van der Waals surface area contributed by atoms with Gasteiger partial charge >= 0.3 is 0 Å². The Morgan fingerprint density at radius 2 is 1.81 bits per heavy atom. The number of carbonyl (C=O) groups excluding carboxylic acids is 3. The summed E-state index contributed by atoms with van der Waals surface area (Å²) in [5, 5.41) is 2.85. The summed E-state index contributed by atoms with van der Waals surface area (Å²) in [6.45, 7) is 5.86. The fraction of sp³-hybridized carbons (Fsp3) is 0.381. The number of nitrogens with one attached hydrogen (secondary N) is 1. The molecule has 1 aromatic heterocycles. The average molecular weight is 387 g/mol. The third-order valence-electron chi connectivity index (χ3n) is 4.39. The molecule has 2 aromatic rings. The molecule has 144 valence electrons. The Labute approximate surface area is 164 Å². The van der Waals surface area contributed by atoms with Gasteiger partial charge in [-0.15, -0.1) is 11.3 Å². The summed E-state index contributed by atoms with van der Waals surface area (Å²) < 4.78 is 0. The Morgan fingerprint density at radius 3 is 2.44 bits per heavy atom. The molecular formula is C21H26N2O3S. The van der Waals surface area contributed by atoms with E-state index in [4.69, 9.17) is 0 Å². The second kappa shape index (κ2) is 9.46. The highest BCUT2D eigenvalue weighted by atomic mass is 32.1. The Hall–Kier alpha value is -2.47. The van der Waals surface area contributed by atoms with Gasteiger partial charge in [0.05, 0.1) is 6.54 Å². The highest BCUT2D eigenvalue weighted by Gasteiger charge is 2.17. The van der Waals surface area contributed by atoms with E-state index in [0.29, 0.717) is 5.56 Å². The van der Waals surface area contributed by atoms with Crippen LogP contribution in [0.4, 0.5) is 5.69 Å². The highest BCUT2D eigenvalue weighted by Crippen LogP contribution is 2.22. The third-order valence-corrected chi connectivity index (χ3v) is 5.35. The molecule has 6 heteroatoms. The van der Waals surface area contributed by atoms with Crippen molar-refractivity contribution >= 4 is 34.6 Å². The van der Waals surface area contributed by atoms with Crippen LogP contribution in [0.1, 0.15) is 45.4 Å². The number of anilines is 1. The van der Waals surface area contributed by atoms with Crippen LogP contribution in [-0.4, -0.2) is 36.1 Å². The van der Waals surface area contributed by atoms with E-state index in [-0.39, 0.29) is 37.0 Å². The predicted molar refractivity (Wildman–Crippen MR) is 109 cm³/mol. The lowest BCUT2D eigenvalue weighted by Gasteiger charge is -2.17. The molecule has 0 spiro atoms. The topological polar surface area (TPSA) is 66.5 Å². The number of nitrogens with zero attached hydrogens (tertiary/aromatic N) is 1. The number of rotatable bonds is 8. The maximum Gasteiger partial charge on any atom is 0.243 e. The van der Waals surface area contributed by atoms with Gasteiger partial charge in [-0.1, -0.05) is 25.1 Å². The number of thiophene rings is 1. The molecule has 0 saturated heterocycles. The standard InChI is InChI=1S/C21H26N2O3S/c1-5-16-8-6-7-9-18(16)22-20(25)13-23(4)21(26)11-10-19(24)17-12-14(2)27-15(17)3/h6-9,12H,5,10-11,13H2,1-4H3,(H,22,25). The molecule has 0 fully saturated rings. The molecule has 0 aliphatic heterocycles. The van der Waals surface area contributed by atoms with E-state index in [9.17, 15) is 14.4 Å². The molecule has 1 aromatic carbocycles. The van der Waals surface area contributed by atoms with E-state index in [2.05, 4.69) is 5.32 Å². The fourth-order valence-electron chi connectivity index (χ4n) is 2.90. The average Bonchev–Trinajstić information content (AvgIpc) is 2.97. The van der Waals surface area contributed by atoms with E-state index in [1.807, 2.05) is 51.1 Å². The van der Waals surface area contributed by atoms with Crippen LogP contribution >= 0.6 is 11.3 Å². The third kappa shape index (κ3) is 5.76. The number of amides is 2. The van der Waals surface area contributed by atoms with Gasteiger partial charge in [-0.2, -0.15) is 0 Å². The molecule has 0 aliphatic rings. The van der Waals surface area contributed by atoms with Crippen molar-refractivity contribution in [1.82, 2.24) is 4.90 Å². The van der Waals surface area contributed by atoms with Crippen molar-refractivity contribution in [2.24, 2.45) is 0 Å². The molecule has 0 unspecified atom stereocenters. The van der Waals surface area contributed by atoms with E-state index >= 15 is 0 Å². The van der Waals surface area contributed by atoms with Gasteiger partial charge in [0.15, 0.2) is 5.78 Å². The zero-order valence-corrected chi connectivity index (χ0v) is 17.1. The quantitative estimate of drug-likeness (QED) is 0.698. The number of benzene rings is 1. The molecule has 1 heterocycles. The van der Waals surface area contributed by atoms with Gasteiger partial charge in [-0.25, -0.2) is 0 Å². The number of hydrogen-bond acceptors (Lipinski definition) is 4. The number of likely N-dealkylation sites (N-methyl/N-ethyl adjacent to an activating group) is 1. The first-order valence-electron chi connectivity index (χ1n) is 9.03. The van der Waals surface area contributed by atoms with Gasteiger partial charge in [0, 0.05) is 40.9 Å². The molecule has 0 atom stereocenters. The van der Waals surface area contributed by atoms with Crippen molar-refractivity contribution < 1.29 is 14.4 Å². The summed E-state index contributed by atoms with van der Waals surface area (Å²) in [5.41, 5.74) is 2.51. The zero-order valence-electron chi connectivity index (χ0n) is 16.3. The first-order chi connectivity index (χ1) is 12.8. The lowest BCUT2D eigenvalue weighted by molar-refractivity contribution is -0.133. The molecule has 0 bridgehead atoms. The lowest BCUT2D eigenvalue weighted by Crippen LogP contribution is -2.35. The number of carbonyl (C=O) groups is 3. The van der Waals surface area contributed by atoms with Crippen LogP contribution in [-0.2, 0) is 16.0 Å². The highest BCUT2D eigenvalue weighted by molar-refractivity contribution is 7.12. The molecule has 2 rings (SSSR count). The maximum absolute atomic E-state index is 12.3. The van der Waals surface area contributed by atoms with Crippen LogP contribution in [0.25, 0.3) is 0 Å². The van der Waals surface area contributed by atoms with Crippen molar-refractivity contribution in [3.05, 3.63) is 51.2 Å². The Balaban J connectivity index is 1.85. The maximum atomic E-state index is 12.3. The number of ketones is 1. The monoisotopic (exact) mass is 386 g/mol. The first-order valence-corrected chi connectivity index (χ1v) is 9.85. The minimum absolute atomic E-state index is 0.0278. The van der Waals surface area contributed by atoms with Gasteiger partial charge in [-0.05, 0) is 38.0 Å². The molecular weight excluding hydrogens is 360 g/mol. The number of para-hydroxylation sites is 1. The molecule has 27 heavy (non-hydrogen) atoms. The Kier molecular flexibility index (Phi) is 7.30. The first kappa shape index (κ1) is 20.8. The molecule has 5 nitrogen and oxygen atoms in total. The molecule has 1 N–H and O–H groups in total. The van der Waals surface area contributed by atoms with Gasteiger partial charge < -0.3 is 10.2 Å². The lowest BCUT2D eigenvalue weighted by atomic mass is 10.1. The van der Waals surface area contributed by atoms with Crippen LogP contribution in [0, 0.1) is 13.8 Å². The van der Waals surface area contributed by atoms with Gasteiger partial charge in [0.2, 0.25) is 11.8 Å². The second-order valence-electron chi connectivity index (χ2n) is 6.56. The van der Waals surface area contributed by atoms with Gasteiger partial charge in [0.25, 0.3) is 0 Å². The molecule has 2 amide bonds. The molecule has 0 radical (unpaired) electrons. The summed E-state index contributed by atoms with van der Waals surface area (Å²) in [6.07, 6.45) is 1.07. The predicted octanol–water partition coefficient (Wildman–Crippen LogP) is 3.99. The Bertz CT molecular complexity index is 842. The van der Waals surface area contributed by atoms with Crippen molar-refractivity contribution in [2.75, 3.05) is 18.9 Å². The van der Waals surface area contributed by atoms with Crippen LogP contribution in [0.3, 0.4) is 0 Å². The van der Waals surface area contributed by atoms with E-state index in [0.717, 1.165) is 27.4 Å². The van der Waals surface area contributed by atoms with Crippen LogP contribution in [0.15, 0.2) is 30.3 Å². The van der Waals surface area contributed by atoms with Crippen molar-refractivity contribution in [3.63, 3.8) is 0 Å². The van der Waals surface area contributed by atoms with Gasteiger partial charge in [0.1, 0.15) is 0 Å². The SMILES string of the molecule is CCc1ccccc1NC(=O)CN(C)C(=O)CCC(=O)c1cc(C)sc1C. The molecule has 0 aliphatic carbocycles. The summed E-state index contributed by atoms with van der Waals surface area (Å²) in [7, 11) is 1.58. The van der Waals surface area contributed by atoms with E-state index in [1.165, 1.54) is 4.90 Å². The minimum atomic E-state index is -0.248. The fourth-order valence-corrected chi connectivity index (χ4v) is 3.84.